The Morgan fingerprint density at radius 1 is 1.06 bits per heavy atom. The normalized spacial score (nSPS) is 14.2. The summed E-state index contributed by atoms with van der Waals surface area (Å²) in [5.41, 5.74) is 0.923. The van der Waals surface area contributed by atoms with Gasteiger partial charge in [-0.05, 0) is 81.3 Å². The highest BCUT2D eigenvalue weighted by molar-refractivity contribution is 7.80. The topological polar surface area (TPSA) is 139 Å². The number of esters is 2. The number of pyridine rings is 1. The first-order valence-electron chi connectivity index (χ1n) is 15.2. The summed E-state index contributed by atoms with van der Waals surface area (Å²) in [7, 11) is 0. The van der Waals surface area contributed by atoms with E-state index in [-0.39, 0.29) is 46.5 Å². The lowest BCUT2D eigenvalue weighted by Crippen LogP contribution is -2.35. The number of rotatable bonds is 16. The molecule has 1 aromatic heterocycles. The third-order valence-electron chi connectivity index (χ3n) is 7.17. The zero-order chi connectivity index (χ0) is 35.9. The number of carbonyl (C=O) groups is 2. The Labute approximate surface area is 295 Å². The monoisotopic (exact) mass is 744 g/mol. The van der Waals surface area contributed by atoms with Gasteiger partial charge in [-0.3, -0.25) is 18.4 Å². The van der Waals surface area contributed by atoms with Crippen molar-refractivity contribution in [1.29, 1.82) is 0 Å². The number of hydrogen-bond donors (Lipinski definition) is 1. The first kappa shape index (κ1) is 38.1. The number of anilines is 1. The first-order valence-corrected chi connectivity index (χ1v) is 17.1. The molecule has 4 rings (SSSR count). The third-order valence-corrected chi connectivity index (χ3v) is 8.54. The molecule has 2 unspecified atom stereocenters. The van der Waals surface area contributed by atoms with E-state index in [1.807, 2.05) is 0 Å². The lowest BCUT2D eigenvalue weighted by Gasteiger charge is -2.23. The van der Waals surface area contributed by atoms with Gasteiger partial charge in [0.2, 0.25) is 0 Å². The SMILES string of the molecule is CC(C)(C)OC(=O)CN(c1ccc(CCC(=O)OC(Cc2c(Cl)c[n+]([O-])cc2Cl)c2ccc(OC(F)F)c(OCC3CC3)c2)cc1)S(=O)O. The van der Waals surface area contributed by atoms with Crippen molar-refractivity contribution in [2.75, 3.05) is 17.5 Å². The van der Waals surface area contributed by atoms with Crippen LogP contribution >= 0.6 is 23.2 Å². The fourth-order valence-corrected chi connectivity index (χ4v) is 5.80. The number of alkyl halides is 2. The smallest absolute Gasteiger partial charge is 0.387 e. The van der Waals surface area contributed by atoms with Gasteiger partial charge in [0.25, 0.3) is 11.3 Å². The molecule has 16 heteroatoms. The average molecular weight is 746 g/mol. The lowest BCUT2D eigenvalue weighted by molar-refractivity contribution is -0.605. The van der Waals surface area contributed by atoms with Crippen LogP contribution in [0.2, 0.25) is 10.0 Å². The van der Waals surface area contributed by atoms with E-state index in [2.05, 4.69) is 4.74 Å². The van der Waals surface area contributed by atoms with Crippen molar-refractivity contribution in [2.45, 2.75) is 71.2 Å². The lowest BCUT2D eigenvalue weighted by atomic mass is 10.0. The van der Waals surface area contributed by atoms with Crippen LogP contribution in [-0.2, 0) is 43.2 Å². The van der Waals surface area contributed by atoms with E-state index < -0.39 is 48.1 Å². The van der Waals surface area contributed by atoms with Crippen LogP contribution in [0.3, 0.4) is 0 Å². The Balaban J connectivity index is 1.50. The molecule has 1 aliphatic rings. The van der Waals surface area contributed by atoms with E-state index in [0.29, 0.717) is 33.9 Å². The fourth-order valence-electron chi connectivity index (χ4n) is 4.68. The molecule has 0 spiro atoms. The third kappa shape index (κ3) is 12.0. The zero-order valence-electron chi connectivity index (χ0n) is 26.9. The molecule has 2 atom stereocenters. The van der Waals surface area contributed by atoms with Gasteiger partial charge in [-0.1, -0.05) is 41.4 Å². The van der Waals surface area contributed by atoms with Crippen molar-refractivity contribution in [3.8, 4) is 11.5 Å². The predicted molar refractivity (Wildman–Crippen MR) is 178 cm³/mol. The zero-order valence-corrected chi connectivity index (χ0v) is 29.2. The summed E-state index contributed by atoms with van der Waals surface area (Å²) < 4.78 is 70.9. The minimum absolute atomic E-state index is 0.0380. The number of benzene rings is 2. The highest BCUT2D eigenvalue weighted by Gasteiger charge is 2.27. The molecule has 1 fully saturated rings. The van der Waals surface area contributed by atoms with Gasteiger partial charge in [-0.25, -0.2) is 4.21 Å². The maximum Gasteiger partial charge on any atom is 0.387 e. The molecule has 266 valence electrons. The van der Waals surface area contributed by atoms with E-state index in [0.717, 1.165) is 29.5 Å². The number of aryl methyl sites for hydroxylation is 1. The van der Waals surface area contributed by atoms with E-state index in [4.69, 9.17) is 37.4 Å². The summed E-state index contributed by atoms with van der Waals surface area (Å²) in [5.74, 6) is -1.11. The molecule has 11 nitrogen and oxygen atoms in total. The Morgan fingerprint density at radius 3 is 2.29 bits per heavy atom. The van der Waals surface area contributed by atoms with Crippen LogP contribution in [0.25, 0.3) is 0 Å². The van der Waals surface area contributed by atoms with Crippen LogP contribution in [-0.4, -0.2) is 46.1 Å². The summed E-state index contributed by atoms with van der Waals surface area (Å²) in [5, 5.41) is 11.9. The molecule has 3 aromatic rings. The van der Waals surface area contributed by atoms with Crippen LogP contribution in [0, 0.1) is 11.1 Å². The molecule has 0 amide bonds. The molecular weight excluding hydrogens is 709 g/mol. The molecule has 49 heavy (non-hydrogen) atoms. The van der Waals surface area contributed by atoms with E-state index in [1.165, 1.54) is 30.3 Å². The summed E-state index contributed by atoms with van der Waals surface area (Å²) >= 11 is 10.1. The Kier molecular flexibility index (Phi) is 13.1. The van der Waals surface area contributed by atoms with Crippen LogP contribution in [0.1, 0.15) is 62.8 Å². The summed E-state index contributed by atoms with van der Waals surface area (Å²) in [4.78, 5) is 25.5. The molecule has 1 heterocycles. The number of halogens is 4. The van der Waals surface area contributed by atoms with E-state index in [1.54, 1.807) is 32.9 Å². The van der Waals surface area contributed by atoms with Crippen molar-refractivity contribution in [3.05, 3.63) is 86.8 Å². The van der Waals surface area contributed by atoms with Gasteiger partial charge in [0, 0.05) is 18.4 Å². The van der Waals surface area contributed by atoms with Gasteiger partial charge in [0.1, 0.15) is 28.3 Å². The Morgan fingerprint density at radius 2 is 1.71 bits per heavy atom. The second-order valence-corrected chi connectivity index (χ2v) is 14.1. The van der Waals surface area contributed by atoms with Crippen molar-refractivity contribution in [1.82, 2.24) is 0 Å². The molecule has 1 saturated carbocycles. The van der Waals surface area contributed by atoms with E-state index in [9.17, 15) is 32.3 Å². The summed E-state index contributed by atoms with van der Waals surface area (Å²) in [6.45, 7) is 1.82. The molecule has 0 aliphatic heterocycles. The quantitative estimate of drug-likeness (QED) is 0.0730. The maximum absolute atomic E-state index is 13.2. The fraction of sp³-hybridized carbons (Fsp3) is 0.424. The Bertz CT molecular complexity index is 1630. The number of hydrogen-bond acceptors (Lipinski definition) is 8. The standard InChI is InChI=1S/C33H36Cl2F2N2O9S/c1-33(2,3)48-31(41)18-39(49(43)44)23-10-6-20(7-11-23)8-13-30(40)46-28(15-24-25(34)16-38(42)17-26(24)35)22-9-12-27(47-32(36)37)29(14-22)45-19-21-4-5-21/h6-7,9-12,14,16-17,21,28,32H,4-5,8,13,15,18-19H2,1-3H3,(H,43,44). The van der Waals surface area contributed by atoms with Crippen LogP contribution < -0.4 is 18.5 Å². The first-order chi connectivity index (χ1) is 23.1. The van der Waals surface area contributed by atoms with Crippen molar-refractivity contribution < 1.29 is 50.8 Å². The van der Waals surface area contributed by atoms with Crippen molar-refractivity contribution in [3.63, 3.8) is 0 Å². The molecule has 0 bridgehead atoms. The second-order valence-electron chi connectivity index (χ2n) is 12.3. The van der Waals surface area contributed by atoms with Gasteiger partial charge >= 0.3 is 18.6 Å². The molecule has 1 N–H and O–H groups in total. The van der Waals surface area contributed by atoms with Crippen LogP contribution in [0.15, 0.2) is 54.9 Å². The average Bonchev–Trinajstić information content (AvgIpc) is 3.83. The minimum atomic E-state index is -3.09. The van der Waals surface area contributed by atoms with Crippen molar-refractivity contribution >= 4 is 52.1 Å². The largest absolute Gasteiger partial charge is 0.619 e. The molecule has 2 aromatic carbocycles. The number of nitrogens with zero attached hydrogens (tertiary/aromatic N) is 2. The summed E-state index contributed by atoms with van der Waals surface area (Å²) in [6, 6.07) is 10.6. The second kappa shape index (κ2) is 16.8. The van der Waals surface area contributed by atoms with Gasteiger partial charge in [-0.2, -0.15) is 13.5 Å². The molecule has 1 aliphatic carbocycles. The molecule has 0 radical (unpaired) electrons. The van der Waals surface area contributed by atoms with Gasteiger partial charge < -0.3 is 24.2 Å². The number of aromatic nitrogens is 1. The predicted octanol–water partition coefficient (Wildman–Crippen LogP) is 6.76. The highest BCUT2D eigenvalue weighted by atomic mass is 35.5. The van der Waals surface area contributed by atoms with Crippen molar-refractivity contribution in [2.24, 2.45) is 5.92 Å². The van der Waals surface area contributed by atoms with Gasteiger partial charge in [0.05, 0.1) is 12.3 Å². The minimum Gasteiger partial charge on any atom is -0.619 e. The maximum atomic E-state index is 13.2. The molecule has 0 saturated heterocycles. The van der Waals surface area contributed by atoms with Crippen LogP contribution in [0.4, 0.5) is 14.5 Å². The van der Waals surface area contributed by atoms with E-state index >= 15 is 0 Å². The van der Waals surface area contributed by atoms with Gasteiger partial charge in [-0.15, -0.1) is 0 Å². The molecular formula is C33H36Cl2F2N2O9S. The highest BCUT2D eigenvalue weighted by Crippen LogP contribution is 2.38. The van der Waals surface area contributed by atoms with Crippen LogP contribution in [0.5, 0.6) is 11.5 Å². The number of ether oxygens (including phenoxy) is 4. The Hall–Kier alpha value is -3.72. The summed E-state index contributed by atoms with van der Waals surface area (Å²) in [6.07, 6.45) is 3.20. The number of carbonyl (C=O) groups excluding carboxylic acids is 2. The van der Waals surface area contributed by atoms with Gasteiger partial charge in [0.15, 0.2) is 23.9 Å².